The maximum absolute atomic E-state index is 13.1. The van der Waals surface area contributed by atoms with Crippen LogP contribution in [0.5, 0.6) is 0 Å². The molecule has 0 radical (unpaired) electrons. The number of nitrogens with zero attached hydrogens (tertiary/aromatic N) is 4. The molecule has 1 aromatic carbocycles. The van der Waals surface area contributed by atoms with Crippen molar-refractivity contribution in [1.29, 1.82) is 0 Å². The first-order valence-electron chi connectivity index (χ1n) is 8.55. The van der Waals surface area contributed by atoms with E-state index in [9.17, 15) is 4.79 Å². The third-order valence-electron chi connectivity index (χ3n) is 4.54. The van der Waals surface area contributed by atoms with Gasteiger partial charge in [-0.1, -0.05) is 30.3 Å². The molecule has 0 unspecified atom stereocenters. The molecule has 0 spiro atoms. The first-order chi connectivity index (χ1) is 11.7. The minimum Gasteiger partial charge on any atom is -0.337 e. The van der Waals surface area contributed by atoms with Crippen LogP contribution in [0.4, 0.5) is 0 Å². The number of amides is 1. The molecule has 0 N–H and O–H groups in total. The van der Waals surface area contributed by atoms with Crippen LogP contribution in [0.15, 0.2) is 42.9 Å². The second-order valence-electron chi connectivity index (χ2n) is 6.43. The van der Waals surface area contributed by atoms with Gasteiger partial charge in [0.25, 0.3) is 5.91 Å². The van der Waals surface area contributed by atoms with E-state index in [0.29, 0.717) is 17.3 Å². The minimum absolute atomic E-state index is 0.0278. The zero-order valence-corrected chi connectivity index (χ0v) is 14.4. The molecule has 2 aromatic rings. The van der Waals surface area contributed by atoms with Gasteiger partial charge < -0.3 is 4.90 Å². The largest absolute Gasteiger partial charge is 0.337 e. The normalized spacial score (nSPS) is 16.2. The summed E-state index contributed by atoms with van der Waals surface area (Å²) in [5.41, 5.74) is 2.24. The second kappa shape index (κ2) is 7.53. The summed E-state index contributed by atoms with van der Waals surface area (Å²) in [6.45, 7) is 7.90. The Labute approximate surface area is 143 Å². The van der Waals surface area contributed by atoms with Crippen molar-refractivity contribution >= 4 is 5.91 Å². The summed E-state index contributed by atoms with van der Waals surface area (Å²) in [5.74, 6) is 0.0278. The molecule has 1 amide bonds. The Bertz CT molecular complexity index is 687. The summed E-state index contributed by atoms with van der Waals surface area (Å²) in [6.07, 6.45) is 4.14. The SMILES string of the molecule is CC(C)N1CCCN(C(=O)c2cncnc2-c2ccccc2)CC1. The Hall–Kier alpha value is -2.27. The van der Waals surface area contributed by atoms with E-state index < -0.39 is 0 Å². The molecule has 2 heterocycles. The Kier molecular flexibility index (Phi) is 5.20. The zero-order chi connectivity index (χ0) is 16.9. The van der Waals surface area contributed by atoms with Crippen molar-refractivity contribution in [2.24, 2.45) is 0 Å². The van der Waals surface area contributed by atoms with Crippen LogP contribution in [-0.4, -0.2) is 57.9 Å². The number of carbonyl (C=O) groups is 1. The van der Waals surface area contributed by atoms with Crippen LogP contribution in [0.25, 0.3) is 11.3 Å². The molecule has 1 aromatic heterocycles. The molecule has 0 bridgehead atoms. The van der Waals surface area contributed by atoms with E-state index in [1.165, 1.54) is 6.33 Å². The van der Waals surface area contributed by atoms with E-state index in [-0.39, 0.29) is 5.91 Å². The lowest BCUT2D eigenvalue weighted by atomic mass is 10.1. The average molecular weight is 324 g/mol. The third kappa shape index (κ3) is 3.62. The van der Waals surface area contributed by atoms with Gasteiger partial charge in [0.1, 0.15) is 6.33 Å². The summed E-state index contributed by atoms with van der Waals surface area (Å²) in [4.78, 5) is 25.9. The van der Waals surface area contributed by atoms with Crippen LogP contribution in [0.2, 0.25) is 0 Å². The molecular formula is C19H24N4O. The molecule has 0 saturated carbocycles. The lowest BCUT2D eigenvalue weighted by Crippen LogP contribution is -2.37. The number of carbonyl (C=O) groups excluding carboxylic acids is 1. The average Bonchev–Trinajstić information content (AvgIpc) is 2.88. The van der Waals surface area contributed by atoms with Crippen molar-refractivity contribution in [3.63, 3.8) is 0 Å². The molecular weight excluding hydrogens is 300 g/mol. The van der Waals surface area contributed by atoms with E-state index in [1.54, 1.807) is 6.20 Å². The van der Waals surface area contributed by atoms with Gasteiger partial charge in [-0.15, -0.1) is 0 Å². The molecule has 1 fully saturated rings. The van der Waals surface area contributed by atoms with Gasteiger partial charge >= 0.3 is 0 Å². The van der Waals surface area contributed by atoms with Gasteiger partial charge in [0.15, 0.2) is 0 Å². The smallest absolute Gasteiger partial charge is 0.257 e. The van der Waals surface area contributed by atoms with Gasteiger partial charge in [-0.05, 0) is 20.3 Å². The van der Waals surface area contributed by atoms with Crippen molar-refractivity contribution in [3.8, 4) is 11.3 Å². The van der Waals surface area contributed by atoms with E-state index in [2.05, 4.69) is 28.7 Å². The zero-order valence-electron chi connectivity index (χ0n) is 14.4. The summed E-state index contributed by atoms with van der Waals surface area (Å²) in [6, 6.07) is 10.3. The van der Waals surface area contributed by atoms with Crippen LogP contribution in [0.3, 0.4) is 0 Å². The summed E-state index contributed by atoms with van der Waals surface area (Å²) in [7, 11) is 0. The maximum Gasteiger partial charge on any atom is 0.257 e. The quantitative estimate of drug-likeness (QED) is 0.871. The van der Waals surface area contributed by atoms with Gasteiger partial charge in [-0.25, -0.2) is 9.97 Å². The lowest BCUT2D eigenvalue weighted by molar-refractivity contribution is 0.0759. The van der Waals surface area contributed by atoms with Gasteiger partial charge in [0.2, 0.25) is 0 Å². The second-order valence-corrected chi connectivity index (χ2v) is 6.43. The van der Waals surface area contributed by atoms with Crippen molar-refractivity contribution < 1.29 is 4.79 Å². The van der Waals surface area contributed by atoms with E-state index in [4.69, 9.17) is 0 Å². The Morgan fingerprint density at radius 3 is 2.62 bits per heavy atom. The number of benzene rings is 1. The van der Waals surface area contributed by atoms with E-state index in [1.807, 2.05) is 35.2 Å². The van der Waals surface area contributed by atoms with Crippen LogP contribution in [0.1, 0.15) is 30.6 Å². The molecule has 1 aliphatic rings. The van der Waals surface area contributed by atoms with Crippen LogP contribution in [-0.2, 0) is 0 Å². The number of hydrogen-bond acceptors (Lipinski definition) is 4. The Morgan fingerprint density at radius 1 is 1.08 bits per heavy atom. The fourth-order valence-electron chi connectivity index (χ4n) is 3.14. The molecule has 0 atom stereocenters. The van der Waals surface area contributed by atoms with Gasteiger partial charge in [-0.2, -0.15) is 0 Å². The predicted molar refractivity (Wildman–Crippen MR) is 94.7 cm³/mol. The van der Waals surface area contributed by atoms with Crippen molar-refractivity contribution in [1.82, 2.24) is 19.8 Å². The standard InChI is InChI=1S/C19H24N4O/c1-15(2)22-9-6-10-23(12-11-22)19(24)17-13-20-14-21-18(17)16-7-4-3-5-8-16/h3-5,7-8,13-15H,6,9-12H2,1-2H3. The monoisotopic (exact) mass is 324 g/mol. The van der Waals surface area contributed by atoms with E-state index >= 15 is 0 Å². The first-order valence-corrected chi connectivity index (χ1v) is 8.55. The van der Waals surface area contributed by atoms with Crippen molar-refractivity contribution in [2.75, 3.05) is 26.2 Å². The summed E-state index contributed by atoms with van der Waals surface area (Å²) in [5, 5.41) is 0. The lowest BCUT2D eigenvalue weighted by Gasteiger charge is -2.25. The van der Waals surface area contributed by atoms with Gasteiger partial charge in [0.05, 0.1) is 11.3 Å². The minimum atomic E-state index is 0.0278. The molecule has 126 valence electrons. The van der Waals surface area contributed by atoms with E-state index in [0.717, 1.165) is 38.2 Å². The highest BCUT2D eigenvalue weighted by atomic mass is 16.2. The summed E-state index contributed by atoms with van der Waals surface area (Å²) >= 11 is 0. The molecule has 5 nitrogen and oxygen atoms in total. The van der Waals surface area contributed by atoms with Crippen molar-refractivity contribution in [3.05, 3.63) is 48.4 Å². The number of aromatic nitrogens is 2. The molecule has 24 heavy (non-hydrogen) atoms. The predicted octanol–water partition coefficient (Wildman–Crippen LogP) is 2.70. The topological polar surface area (TPSA) is 49.3 Å². The number of hydrogen-bond donors (Lipinski definition) is 0. The van der Waals surface area contributed by atoms with Gasteiger partial charge in [0, 0.05) is 44.0 Å². The Morgan fingerprint density at radius 2 is 1.88 bits per heavy atom. The Balaban J connectivity index is 1.83. The fraction of sp³-hybridized carbons (Fsp3) is 0.421. The molecule has 0 aliphatic carbocycles. The van der Waals surface area contributed by atoms with Crippen LogP contribution in [0, 0.1) is 0 Å². The molecule has 1 saturated heterocycles. The number of rotatable bonds is 3. The molecule has 1 aliphatic heterocycles. The molecule has 3 rings (SSSR count). The highest BCUT2D eigenvalue weighted by Crippen LogP contribution is 2.22. The molecule has 5 heteroatoms. The van der Waals surface area contributed by atoms with Crippen molar-refractivity contribution in [2.45, 2.75) is 26.3 Å². The van der Waals surface area contributed by atoms with Gasteiger partial charge in [-0.3, -0.25) is 9.69 Å². The maximum atomic E-state index is 13.1. The highest BCUT2D eigenvalue weighted by molar-refractivity contribution is 5.99. The highest BCUT2D eigenvalue weighted by Gasteiger charge is 2.24. The third-order valence-corrected chi connectivity index (χ3v) is 4.54. The first kappa shape index (κ1) is 16.6. The summed E-state index contributed by atoms with van der Waals surface area (Å²) < 4.78 is 0. The van der Waals surface area contributed by atoms with Crippen LogP contribution >= 0.6 is 0 Å². The van der Waals surface area contributed by atoms with Crippen LogP contribution < -0.4 is 0 Å². The fourth-order valence-corrected chi connectivity index (χ4v) is 3.14.